The van der Waals surface area contributed by atoms with Crippen molar-refractivity contribution in [1.29, 1.82) is 0 Å². The van der Waals surface area contributed by atoms with Crippen molar-refractivity contribution in [1.82, 2.24) is 15.1 Å². The molecule has 0 radical (unpaired) electrons. The van der Waals surface area contributed by atoms with Gasteiger partial charge in [0, 0.05) is 49.7 Å². The molecule has 7 nitrogen and oxygen atoms in total. The fourth-order valence-electron chi connectivity index (χ4n) is 3.91. The van der Waals surface area contributed by atoms with Gasteiger partial charge in [-0.1, -0.05) is 12.1 Å². The summed E-state index contributed by atoms with van der Waals surface area (Å²) in [5.74, 6) is 1.79. The number of likely N-dealkylation sites (tertiary alicyclic amines) is 1. The van der Waals surface area contributed by atoms with E-state index in [1.54, 1.807) is 11.0 Å². The molecule has 1 aromatic rings. The predicted octanol–water partition coefficient (Wildman–Crippen LogP) is 1.13. The van der Waals surface area contributed by atoms with E-state index in [1.807, 2.05) is 34.9 Å². The number of rotatable bonds is 2. The molecule has 1 atom stereocenters. The quantitative estimate of drug-likeness (QED) is 0.794. The molecule has 1 spiro atoms. The van der Waals surface area contributed by atoms with Crippen LogP contribution in [0.4, 0.5) is 5.69 Å². The van der Waals surface area contributed by atoms with Crippen LogP contribution in [0.15, 0.2) is 24.3 Å². The van der Waals surface area contributed by atoms with Crippen LogP contribution in [-0.2, 0) is 9.59 Å². The van der Waals surface area contributed by atoms with E-state index in [1.165, 1.54) is 0 Å². The third-order valence-corrected chi connectivity index (χ3v) is 6.46. The van der Waals surface area contributed by atoms with Crippen molar-refractivity contribution >= 4 is 35.2 Å². The minimum absolute atomic E-state index is 0.0191. The van der Waals surface area contributed by atoms with Crippen LogP contribution >= 0.6 is 11.8 Å². The first-order valence-corrected chi connectivity index (χ1v) is 10.5. The first-order valence-electron chi connectivity index (χ1n) is 9.39. The molecule has 0 bridgehead atoms. The van der Waals surface area contributed by atoms with E-state index < -0.39 is 5.66 Å². The fourth-order valence-corrected chi connectivity index (χ4v) is 4.81. The molecule has 2 N–H and O–H groups in total. The topological polar surface area (TPSA) is 81.8 Å². The number of hydrogen-bond donors (Lipinski definition) is 2. The van der Waals surface area contributed by atoms with Crippen LogP contribution in [0.5, 0.6) is 0 Å². The highest BCUT2D eigenvalue weighted by atomic mass is 32.2. The van der Waals surface area contributed by atoms with Crippen molar-refractivity contribution in [3.8, 4) is 0 Å². The first kappa shape index (κ1) is 18.2. The van der Waals surface area contributed by atoms with Gasteiger partial charge in [0.1, 0.15) is 5.66 Å². The largest absolute Gasteiger partial charge is 0.362 e. The molecule has 4 rings (SSSR count). The molecule has 0 aromatic heterocycles. The average Bonchev–Trinajstić information content (AvgIpc) is 2.83. The molecule has 144 valence electrons. The number of hydrogen-bond acceptors (Lipinski definition) is 5. The normalized spacial score (nSPS) is 25.5. The average molecular weight is 388 g/mol. The van der Waals surface area contributed by atoms with Crippen LogP contribution in [0, 0.1) is 0 Å². The summed E-state index contributed by atoms with van der Waals surface area (Å²) in [7, 11) is 0. The summed E-state index contributed by atoms with van der Waals surface area (Å²) in [5.41, 5.74) is 0.776. The van der Waals surface area contributed by atoms with Crippen LogP contribution in [0.1, 0.15) is 29.6 Å². The van der Waals surface area contributed by atoms with E-state index in [4.69, 9.17) is 0 Å². The lowest BCUT2D eigenvalue weighted by Crippen LogP contribution is -2.58. The van der Waals surface area contributed by atoms with Crippen LogP contribution < -0.4 is 10.6 Å². The smallest absolute Gasteiger partial charge is 0.255 e. The second-order valence-corrected chi connectivity index (χ2v) is 8.49. The molecule has 27 heavy (non-hydrogen) atoms. The SMILES string of the molecule is O=C1NC2(CCC(=O)N(CC(=O)N3CCSCC3)CC2)Nc2ccccc21. The van der Waals surface area contributed by atoms with Crippen LogP contribution in [0.25, 0.3) is 0 Å². The van der Waals surface area contributed by atoms with E-state index in [9.17, 15) is 14.4 Å². The second kappa shape index (κ2) is 7.42. The Kier molecular flexibility index (Phi) is 4.99. The molecule has 2 fully saturated rings. The minimum Gasteiger partial charge on any atom is -0.362 e. The van der Waals surface area contributed by atoms with Crippen molar-refractivity contribution in [2.75, 3.05) is 43.0 Å². The van der Waals surface area contributed by atoms with Gasteiger partial charge in [0.2, 0.25) is 11.8 Å². The highest BCUT2D eigenvalue weighted by molar-refractivity contribution is 7.99. The Morgan fingerprint density at radius 2 is 1.85 bits per heavy atom. The summed E-state index contributed by atoms with van der Waals surface area (Å²) >= 11 is 1.85. The number of nitrogens with one attached hydrogen (secondary N) is 2. The van der Waals surface area contributed by atoms with Gasteiger partial charge in [0.05, 0.1) is 12.1 Å². The third kappa shape index (κ3) is 3.76. The summed E-state index contributed by atoms with van der Waals surface area (Å²) in [5, 5.41) is 6.49. The molecular weight excluding hydrogens is 364 g/mol. The maximum atomic E-state index is 12.6. The summed E-state index contributed by atoms with van der Waals surface area (Å²) in [4.78, 5) is 41.1. The molecule has 3 heterocycles. The van der Waals surface area contributed by atoms with Gasteiger partial charge < -0.3 is 20.4 Å². The van der Waals surface area contributed by atoms with E-state index in [0.717, 1.165) is 30.3 Å². The Morgan fingerprint density at radius 3 is 2.67 bits per heavy atom. The molecule has 0 saturated carbocycles. The van der Waals surface area contributed by atoms with Gasteiger partial charge in [-0.25, -0.2) is 0 Å². The molecular formula is C19H24N4O3S. The molecule has 8 heteroatoms. The summed E-state index contributed by atoms with van der Waals surface area (Å²) in [6, 6.07) is 7.40. The highest BCUT2D eigenvalue weighted by Gasteiger charge is 2.40. The van der Waals surface area contributed by atoms with Crippen molar-refractivity contribution < 1.29 is 14.4 Å². The van der Waals surface area contributed by atoms with Gasteiger partial charge in [-0.05, 0) is 18.6 Å². The number of nitrogens with zero attached hydrogens (tertiary/aromatic N) is 2. The van der Waals surface area contributed by atoms with Crippen molar-refractivity contribution in [2.24, 2.45) is 0 Å². The Balaban J connectivity index is 1.44. The third-order valence-electron chi connectivity index (χ3n) is 5.52. The van der Waals surface area contributed by atoms with Gasteiger partial charge in [-0.15, -0.1) is 0 Å². The van der Waals surface area contributed by atoms with E-state index in [-0.39, 0.29) is 24.3 Å². The fraction of sp³-hybridized carbons (Fsp3) is 0.526. The number of para-hydroxylation sites is 1. The monoisotopic (exact) mass is 388 g/mol. The number of amides is 3. The highest BCUT2D eigenvalue weighted by Crippen LogP contribution is 2.31. The van der Waals surface area contributed by atoms with Crippen molar-refractivity contribution in [3.63, 3.8) is 0 Å². The molecule has 3 aliphatic rings. The zero-order chi connectivity index (χ0) is 18.9. The van der Waals surface area contributed by atoms with Crippen LogP contribution in [0.2, 0.25) is 0 Å². The van der Waals surface area contributed by atoms with E-state index in [0.29, 0.717) is 31.4 Å². The van der Waals surface area contributed by atoms with Crippen LogP contribution in [-0.4, -0.2) is 70.9 Å². The summed E-state index contributed by atoms with van der Waals surface area (Å²) < 4.78 is 0. The Labute approximate surface area is 162 Å². The standard InChI is InChI=1S/C19H24N4O3S/c24-16-5-6-19(20-15-4-2-1-3-14(15)18(26)21-19)7-8-23(16)13-17(25)22-9-11-27-12-10-22/h1-4,20H,5-13H2,(H,21,26). The van der Waals surface area contributed by atoms with Crippen molar-refractivity contribution in [3.05, 3.63) is 29.8 Å². The number of thioether (sulfide) groups is 1. The van der Waals surface area contributed by atoms with Gasteiger partial charge in [-0.3, -0.25) is 14.4 Å². The Morgan fingerprint density at radius 1 is 1.07 bits per heavy atom. The summed E-state index contributed by atoms with van der Waals surface area (Å²) in [6.07, 6.45) is 1.39. The zero-order valence-corrected chi connectivity index (χ0v) is 16.0. The zero-order valence-electron chi connectivity index (χ0n) is 15.2. The predicted molar refractivity (Wildman–Crippen MR) is 105 cm³/mol. The van der Waals surface area contributed by atoms with E-state index >= 15 is 0 Å². The van der Waals surface area contributed by atoms with Gasteiger partial charge >= 0.3 is 0 Å². The number of fused-ring (bicyclic) bond motifs is 1. The summed E-state index contributed by atoms with van der Waals surface area (Å²) in [6.45, 7) is 2.08. The van der Waals surface area contributed by atoms with Gasteiger partial charge in [0.15, 0.2) is 0 Å². The van der Waals surface area contributed by atoms with E-state index in [2.05, 4.69) is 10.6 Å². The van der Waals surface area contributed by atoms with Crippen molar-refractivity contribution in [2.45, 2.75) is 24.9 Å². The Bertz CT molecular complexity index is 765. The molecule has 2 saturated heterocycles. The minimum atomic E-state index is -0.638. The van der Waals surface area contributed by atoms with Gasteiger partial charge in [-0.2, -0.15) is 11.8 Å². The number of anilines is 1. The number of carbonyl (C=O) groups is 3. The second-order valence-electron chi connectivity index (χ2n) is 7.27. The Hall–Kier alpha value is -2.22. The number of carbonyl (C=O) groups excluding carboxylic acids is 3. The first-order chi connectivity index (χ1) is 13.1. The molecule has 1 aromatic carbocycles. The van der Waals surface area contributed by atoms with Crippen LogP contribution in [0.3, 0.4) is 0 Å². The number of benzene rings is 1. The molecule has 0 aliphatic carbocycles. The molecule has 3 amide bonds. The van der Waals surface area contributed by atoms with Gasteiger partial charge in [0.25, 0.3) is 5.91 Å². The lowest BCUT2D eigenvalue weighted by atomic mass is 9.95. The lowest BCUT2D eigenvalue weighted by Gasteiger charge is -2.40. The maximum Gasteiger partial charge on any atom is 0.255 e. The molecule has 3 aliphatic heterocycles. The maximum absolute atomic E-state index is 12.6. The lowest BCUT2D eigenvalue weighted by molar-refractivity contribution is -0.140. The molecule has 1 unspecified atom stereocenters.